The van der Waals surface area contributed by atoms with Crippen molar-refractivity contribution in [3.63, 3.8) is 0 Å². The average Bonchev–Trinajstić information content (AvgIpc) is 2.87. The number of nitrogens with zero attached hydrogens (tertiary/aromatic N) is 1. The normalized spacial score (nSPS) is 15.2. The molecule has 0 bridgehead atoms. The summed E-state index contributed by atoms with van der Waals surface area (Å²) in [6, 6.07) is -0.749. The summed E-state index contributed by atoms with van der Waals surface area (Å²) in [4.78, 5) is 21.9. The molecule has 0 aliphatic rings. The third-order valence-corrected chi connectivity index (χ3v) is 8.15. The van der Waals surface area contributed by atoms with Crippen LogP contribution < -0.4 is 5.32 Å². The molecule has 0 saturated heterocycles. The molecule has 3 unspecified atom stereocenters. The van der Waals surface area contributed by atoms with E-state index in [-0.39, 0.29) is 25.5 Å². The number of aliphatic hydroxyl groups excluding tert-OH is 1. The highest BCUT2D eigenvalue weighted by Gasteiger charge is 2.28. The number of amides is 1. The predicted octanol–water partition coefficient (Wildman–Crippen LogP) is 7.12. The van der Waals surface area contributed by atoms with Crippen LogP contribution in [-0.2, 0) is 18.4 Å². The van der Waals surface area contributed by atoms with Crippen molar-refractivity contribution in [3.05, 3.63) is 0 Å². The Morgan fingerprint density at radius 3 is 1.62 bits per heavy atom. The summed E-state index contributed by atoms with van der Waals surface area (Å²) in [5, 5.41) is 13.4. The second kappa shape index (κ2) is 24.1. The molecule has 1 amide bonds. The first-order chi connectivity index (χ1) is 18.5. The first kappa shape index (κ1) is 38.5. The van der Waals surface area contributed by atoms with Crippen molar-refractivity contribution in [2.24, 2.45) is 0 Å². The number of rotatable bonds is 28. The van der Waals surface area contributed by atoms with Crippen molar-refractivity contribution in [1.29, 1.82) is 0 Å². The first-order valence-electron chi connectivity index (χ1n) is 15.9. The minimum Gasteiger partial charge on any atom is -0.391 e. The van der Waals surface area contributed by atoms with Gasteiger partial charge in [0, 0.05) is 6.42 Å². The number of phosphoric ester groups is 1. The van der Waals surface area contributed by atoms with Crippen LogP contribution in [-0.4, -0.2) is 73.4 Å². The van der Waals surface area contributed by atoms with Crippen LogP contribution in [0.25, 0.3) is 0 Å². The van der Waals surface area contributed by atoms with E-state index in [0.29, 0.717) is 17.4 Å². The average molecular weight is 580 g/mol. The van der Waals surface area contributed by atoms with Gasteiger partial charge < -0.3 is 19.8 Å². The highest BCUT2D eigenvalue weighted by Crippen LogP contribution is 2.43. The molecule has 3 atom stereocenters. The van der Waals surface area contributed by atoms with Crippen molar-refractivity contribution in [2.75, 3.05) is 40.9 Å². The minimum atomic E-state index is -4.26. The third-order valence-electron chi connectivity index (χ3n) is 7.17. The number of phosphoric acid groups is 1. The molecular weight excluding hydrogens is 515 g/mol. The lowest BCUT2D eigenvalue weighted by Crippen LogP contribution is -2.46. The van der Waals surface area contributed by atoms with Crippen LogP contribution >= 0.6 is 7.82 Å². The Labute approximate surface area is 240 Å². The summed E-state index contributed by atoms with van der Waals surface area (Å²) in [7, 11) is 1.61. The van der Waals surface area contributed by atoms with Gasteiger partial charge in [-0.2, -0.15) is 0 Å². The highest BCUT2D eigenvalue weighted by atomic mass is 31.2. The number of hydrogen-bond donors (Lipinski definition) is 3. The number of aliphatic hydroxyl groups is 1. The third kappa shape index (κ3) is 26.2. The Morgan fingerprint density at radius 2 is 1.21 bits per heavy atom. The molecule has 0 spiro atoms. The van der Waals surface area contributed by atoms with Gasteiger partial charge >= 0.3 is 7.82 Å². The molecule has 3 N–H and O–H groups in total. The standard InChI is InChI=1S/C30H63N2O6P/c1-6-8-9-10-11-12-13-14-15-16-17-18-19-20-21-22-23-24-29(33)28(31-30(34)7-2)27-38-39(35,36)37-26-25-32(3,4)5/h28-29,33H,6-27H2,1-5H3,(H-,31,34,35,36)/p+1. The van der Waals surface area contributed by atoms with Gasteiger partial charge in [0.15, 0.2) is 0 Å². The first-order valence-corrected chi connectivity index (χ1v) is 17.4. The van der Waals surface area contributed by atoms with Gasteiger partial charge in [0.2, 0.25) is 5.91 Å². The van der Waals surface area contributed by atoms with Gasteiger partial charge in [-0.05, 0) is 6.42 Å². The molecule has 0 aromatic heterocycles. The fourth-order valence-corrected chi connectivity index (χ4v) is 5.22. The molecule has 0 aromatic rings. The van der Waals surface area contributed by atoms with Gasteiger partial charge in [0.1, 0.15) is 13.2 Å². The Kier molecular flexibility index (Phi) is 23.8. The zero-order chi connectivity index (χ0) is 29.4. The molecule has 0 aliphatic heterocycles. The Morgan fingerprint density at radius 1 is 0.769 bits per heavy atom. The van der Waals surface area contributed by atoms with Crippen LogP contribution in [0, 0.1) is 0 Å². The zero-order valence-corrected chi connectivity index (χ0v) is 27.0. The van der Waals surface area contributed by atoms with E-state index in [1.54, 1.807) is 6.92 Å². The quantitative estimate of drug-likeness (QED) is 0.0518. The van der Waals surface area contributed by atoms with Gasteiger partial charge in [-0.15, -0.1) is 0 Å². The molecule has 39 heavy (non-hydrogen) atoms. The number of unbranched alkanes of at least 4 members (excludes halogenated alkanes) is 16. The van der Waals surface area contributed by atoms with Gasteiger partial charge in [0.25, 0.3) is 0 Å². The lowest BCUT2D eigenvalue weighted by atomic mass is 10.0. The number of hydrogen-bond acceptors (Lipinski definition) is 5. The maximum Gasteiger partial charge on any atom is 0.472 e. The second-order valence-electron chi connectivity index (χ2n) is 12.2. The number of carbonyl (C=O) groups is 1. The number of nitrogens with one attached hydrogen (secondary N) is 1. The molecule has 0 heterocycles. The lowest BCUT2D eigenvalue weighted by Gasteiger charge is -2.26. The molecule has 0 radical (unpaired) electrons. The Balaban J connectivity index is 3.96. The fraction of sp³-hybridized carbons (Fsp3) is 0.967. The van der Waals surface area contributed by atoms with E-state index in [9.17, 15) is 19.4 Å². The van der Waals surface area contributed by atoms with E-state index in [4.69, 9.17) is 9.05 Å². The van der Waals surface area contributed by atoms with Crippen LogP contribution in [0.4, 0.5) is 0 Å². The van der Waals surface area contributed by atoms with Crippen LogP contribution in [0.3, 0.4) is 0 Å². The van der Waals surface area contributed by atoms with Crippen LogP contribution in [0.1, 0.15) is 136 Å². The van der Waals surface area contributed by atoms with E-state index in [0.717, 1.165) is 19.3 Å². The topological polar surface area (TPSA) is 105 Å². The second-order valence-corrected chi connectivity index (χ2v) is 13.6. The number of likely N-dealkylation sites (N-methyl/N-ethyl adjacent to an activating group) is 1. The molecule has 0 fully saturated rings. The SMILES string of the molecule is CCCCCCCCCCCCCCCCCCCC(O)C(COP(=O)(O)OCC[N+](C)(C)C)NC(=O)CC. The van der Waals surface area contributed by atoms with E-state index < -0.39 is 20.0 Å². The van der Waals surface area contributed by atoms with Gasteiger partial charge in [0.05, 0.1) is 39.9 Å². The van der Waals surface area contributed by atoms with Crippen LogP contribution in [0.5, 0.6) is 0 Å². The molecule has 234 valence electrons. The summed E-state index contributed by atoms with van der Waals surface area (Å²) < 4.78 is 23.0. The summed E-state index contributed by atoms with van der Waals surface area (Å²) in [6.45, 7) is 4.34. The lowest BCUT2D eigenvalue weighted by molar-refractivity contribution is -0.870. The molecular formula is C30H64N2O6P+. The monoisotopic (exact) mass is 579 g/mol. The summed E-state index contributed by atoms with van der Waals surface area (Å²) >= 11 is 0. The summed E-state index contributed by atoms with van der Waals surface area (Å²) in [6.07, 6.45) is 21.9. The Hall–Kier alpha value is -0.500. The summed E-state index contributed by atoms with van der Waals surface area (Å²) in [5.74, 6) is -0.233. The molecule has 0 aromatic carbocycles. The molecule has 9 heteroatoms. The van der Waals surface area contributed by atoms with Crippen molar-refractivity contribution in [3.8, 4) is 0 Å². The number of carbonyl (C=O) groups excluding carboxylic acids is 1. The van der Waals surface area contributed by atoms with Crippen LogP contribution in [0.15, 0.2) is 0 Å². The van der Waals surface area contributed by atoms with E-state index in [2.05, 4.69) is 12.2 Å². The zero-order valence-electron chi connectivity index (χ0n) is 26.1. The fourth-order valence-electron chi connectivity index (χ4n) is 4.48. The number of quaternary nitrogens is 1. The smallest absolute Gasteiger partial charge is 0.391 e. The largest absolute Gasteiger partial charge is 0.472 e. The molecule has 0 saturated carbocycles. The maximum absolute atomic E-state index is 12.2. The van der Waals surface area contributed by atoms with Crippen molar-refractivity contribution in [1.82, 2.24) is 5.32 Å². The van der Waals surface area contributed by atoms with E-state index in [1.807, 2.05) is 21.1 Å². The van der Waals surface area contributed by atoms with E-state index in [1.165, 1.54) is 89.9 Å². The molecule has 0 rings (SSSR count). The minimum absolute atomic E-state index is 0.0745. The van der Waals surface area contributed by atoms with Crippen LogP contribution in [0.2, 0.25) is 0 Å². The predicted molar refractivity (Wildman–Crippen MR) is 162 cm³/mol. The van der Waals surface area contributed by atoms with Gasteiger partial charge in [-0.3, -0.25) is 13.8 Å². The van der Waals surface area contributed by atoms with Gasteiger partial charge in [-0.1, -0.05) is 123 Å². The Bertz CT molecular complexity index is 629. The van der Waals surface area contributed by atoms with E-state index >= 15 is 0 Å². The van der Waals surface area contributed by atoms with Crippen molar-refractivity contribution >= 4 is 13.7 Å². The highest BCUT2D eigenvalue weighted by molar-refractivity contribution is 7.47. The maximum atomic E-state index is 12.2. The molecule has 0 aliphatic carbocycles. The van der Waals surface area contributed by atoms with Crippen molar-refractivity contribution in [2.45, 2.75) is 148 Å². The molecule has 8 nitrogen and oxygen atoms in total. The van der Waals surface area contributed by atoms with Gasteiger partial charge in [-0.25, -0.2) is 4.57 Å². The van der Waals surface area contributed by atoms with Crippen molar-refractivity contribution < 1.29 is 32.9 Å². The summed E-state index contributed by atoms with van der Waals surface area (Å²) in [5.41, 5.74) is 0.